The zero-order valence-electron chi connectivity index (χ0n) is 40.6. The van der Waals surface area contributed by atoms with Crippen molar-refractivity contribution in [1.29, 1.82) is 0 Å². The predicted octanol–water partition coefficient (Wildman–Crippen LogP) is 11.9. The van der Waals surface area contributed by atoms with Gasteiger partial charge >= 0.3 is 404 Å². The van der Waals surface area contributed by atoms with Gasteiger partial charge in [-0.3, -0.25) is 0 Å². The summed E-state index contributed by atoms with van der Waals surface area (Å²) in [6.45, 7) is 31.6. The maximum absolute atomic E-state index is 2.64. The molecule has 0 fully saturated rings. The van der Waals surface area contributed by atoms with Gasteiger partial charge in [-0.2, -0.15) is 0 Å². The van der Waals surface area contributed by atoms with Crippen LogP contribution in [0.1, 0.15) is 0 Å². The zero-order chi connectivity index (χ0) is 45.1. The molecule has 0 saturated heterocycles. The van der Waals surface area contributed by atoms with Crippen LogP contribution in [0, 0.1) is 0 Å². The minimum absolute atomic E-state index is 1.41. The Morgan fingerprint density at radius 2 is 0.323 bits per heavy atom. The molecule has 0 saturated carbocycles. The monoisotopic (exact) mass is 1130 g/mol. The van der Waals surface area contributed by atoms with Crippen molar-refractivity contribution in [1.82, 2.24) is 0 Å². The summed E-state index contributed by atoms with van der Waals surface area (Å²) in [5.41, 5.74) is 0. The van der Waals surface area contributed by atoms with Crippen molar-refractivity contribution in [2.75, 3.05) is 0 Å². The van der Waals surface area contributed by atoms with E-state index in [0.29, 0.717) is 0 Å². The van der Waals surface area contributed by atoms with Crippen LogP contribution in [0.25, 0.3) is 0 Å². The molecule has 8 heteroatoms. The van der Waals surface area contributed by atoms with E-state index >= 15 is 0 Å². The molecule has 6 aromatic carbocycles. The van der Waals surface area contributed by atoms with E-state index in [4.69, 9.17) is 0 Å². The summed E-state index contributed by atoms with van der Waals surface area (Å²) in [5, 5.41) is 9.95. The molecule has 326 valence electrons. The summed E-state index contributed by atoms with van der Waals surface area (Å²) >= 11 is -3.31. The fourth-order valence-corrected chi connectivity index (χ4v) is 122. The molecule has 0 atom stereocenters. The maximum atomic E-state index is 2.64. The Morgan fingerprint density at radius 3 is 0.435 bits per heavy atom. The van der Waals surface area contributed by atoms with Gasteiger partial charge in [0, 0.05) is 0 Å². The van der Waals surface area contributed by atoms with Crippen molar-refractivity contribution in [2.24, 2.45) is 0 Å². The third-order valence-corrected chi connectivity index (χ3v) is 104. The van der Waals surface area contributed by atoms with E-state index in [1.54, 1.807) is 55.5 Å². The van der Waals surface area contributed by atoms with Gasteiger partial charge in [-0.05, 0) is 0 Å². The van der Waals surface area contributed by atoms with Crippen molar-refractivity contribution < 1.29 is 0 Å². The summed E-state index contributed by atoms with van der Waals surface area (Å²) in [6.07, 6.45) is 0. The molecule has 0 aromatic heterocycles. The molecule has 6 rings (SSSR count). The molecule has 0 aliphatic carbocycles. The van der Waals surface area contributed by atoms with Crippen LogP contribution in [0.4, 0.5) is 0 Å². The Balaban J connectivity index is 0.000000234. The molecule has 0 heterocycles. The molecule has 0 aliphatic heterocycles. The molecule has 0 spiro atoms. The van der Waals surface area contributed by atoms with E-state index in [0.717, 1.165) is 0 Å². The van der Waals surface area contributed by atoms with Gasteiger partial charge in [-0.1, -0.05) is 0 Å². The molecule has 2 radical (unpaired) electrons. The van der Waals surface area contributed by atoms with Crippen molar-refractivity contribution in [3.05, 3.63) is 182 Å². The Labute approximate surface area is 400 Å². The Morgan fingerprint density at radius 1 is 0.210 bits per heavy atom. The van der Waals surface area contributed by atoms with Gasteiger partial charge < -0.3 is 0 Å². The molecule has 0 aliphatic rings. The van der Waals surface area contributed by atoms with Crippen LogP contribution in [-0.2, 0) is 0 Å². The Bertz CT molecular complexity index is 1780. The first kappa shape index (κ1) is 51.2. The fourth-order valence-electron chi connectivity index (χ4n) is 10.1. The first-order valence-corrected chi connectivity index (χ1v) is 54.6. The van der Waals surface area contributed by atoms with Crippen molar-refractivity contribution in [3.63, 3.8) is 0 Å². The number of hydrogen-bond acceptors (Lipinski definition) is 0. The van der Waals surface area contributed by atoms with Gasteiger partial charge in [0.25, 0.3) is 0 Å². The summed E-state index contributed by atoms with van der Waals surface area (Å²) in [7, 11) is -8.47. The first-order chi connectivity index (χ1) is 29.2. The van der Waals surface area contributed by atoms with E-state index in [9.17, 15) is 0 Å². The van der Waals surface area contributed by atoms with Gasteiger partial charge in [0.05, 0.1) is 0 Å². The average molecular weight is 1130 g/mol. The Kier molecular flexibility index (Phi) is 18.7. The number of rotatable bonds is 18. The van der Waals surface area contributed by atoms with Crippen LogP contribution in [0.2, 0.25) is 103 Å². The first-order valence-electron chi connectivity index (χ1n) is 23.2. The van der Waals surface area contributed by atoms with E-state index in [1.807, 2.05) is 0 Å². The van der Waals surface area contributed by atoms with Gasteiger partial charge in [0.15, 0.2) is 0 Å². The topological polar surface area (TPSA) is 0 Å². The van der Waals surface area contributed by atoms with Crippen LogP contribution in [0.3, 0.4) is 0 Å². The van der Waals surface area contributed by atoms with Crippen molar-refractivity contribution >= 4 is 119 Å². The second kappa shape index (κ2) is 22.6. The summed E-state index contributed by atoms with van der Waals surface area (Å²) in [4.78, 5) is 0. The molecule has 0 bridgehead atoms. The average Bonchev–Trinajstić information content (AvgIpc) is 3.25. The standard InChI is InChI=1S/6C9H13Si.2Sn/c6*1-10(2,3)9-7-5-4-6-8-9;;/h6*4-8H,1H2,2-3H3;;. The SMILES string of the molecule is C[Si](C)([CH2][Sn]([CH2][Si](C)(C)c1ccccc1)[CH2][Si](C)(C)c1ccccc1)c1ccccc1.C[Si](C)([CH2][Sn]([CH2][Si](C)(C)c1ccccc1)[CH2][Si](C)(C)c1ccccc1)c1ccccc1. The molecular weight excluding hydrogens is 1050 g/mol. The summed E-state index contributed by atoms with van der Waals surface area (Å²) in [6, 6.07) is 68.9. The van der Waals surface area contributed by atoms with Gasteiger partial charge in [0.2, 0.25) is 0 Å². The van der Waals surface area contributed by atoms with Gasteiger partial charge in [0.1, 0.15) is 0 Å². The van der Waals surface area contributed by atoms with Crippen LogP contribution < -0.4 is 31.1 Å². The predicted molar refractivity (Wildman–Crippen MR) is 302 cm³/mol. The van der Waals surface area contributed by atoms with Gasteiger partial charge in [-0.15, -0.1) is 0 Å². The van der Waals surface area contributed by atoms with Gasteiger partial charge in [-0.25, -0.2) is 0 Å². The van der Waals surface area contributed by atoms with Crippen LogP contribution in [-0.4, -0.2) is 88.0 Å². The minimum atomic E-state index is -1.65. The third kappa shape index (κ3) is 15.1. The second-order valence-electron chi connectivity index (χ2n) is 22.1. The van der Waals surface area contributed by atoms with Crippen LogP contribution >= 0.6 is 0 Å². The normalized spacial score (nSPS) is 12.9. The van der Waals surface area contributed by atoms with E-state index in [2.05, 4.69) is 261 Å². The molecular formula is C54H78Si6Sn2. The zero-order valence-corrected chi connectivity index (χ0v) is 52.3. The van der Waals surface area contributed by atoms with Crippen LogP contribution in [0.5, 0.6) is 0 Å². The van der Waals surface area contributed by atoms with E-state index < -0.39 is 88.0 Å². The molecule has 0 N–H and O–H groups in total. The summed E-state index contributed by atoms with van der Waals surface area (Å²) in [5.74, 6) is 0. The number of hydrogen-bond donors (Lipinski definition) is 0. The molecule has 0 unspecified atom stereocenters. The summed E-state index contributed by atoms with van der Waals surface area (Å²) < 4.78 is 9.53. The van der Waals surface area contributed by atoms with Crippen molar-refractivity contribution in [3.8, 4) is 0 Å². The van der Waals surface area contributed by atoms with E-state index in [-0.39, 0.29) is 0 Å². The molecule has 6 aromatic rings. The quantitative estimate of drug-likeness (QED) is 0.0753. The van der Waals surface area contributed by atoms with Crippen molar-refractivity contribution in [2.45, 2.75) is 103 Å². The fraction of sp³-hybridized carbons (Fsp3) is 0.333. The van der Waals surface area contributed by atoms with Crippen LogP contribution in [0.15, 0.2) is 182 Å². The third-order valence-electron chi connectivity index (χ3n) is 13.5. The second-order valence-corrected chi connectivity index (χ2v) is 77.0. The van der Waals surface area contributed by atoms with E-state index in [1.165, 1.54) is 0 Å². The Hall–Kier alpha value is -1.78. The molecule has 0 nitrogen and oxygen atoms in total. The number of benzene rings is 6. The molecule has 62 heavy (non-hydrogen) atoms. The molecule has 0 amide bonds.